The average Bonchev–Trinajstić information content (AvgIpc) is 3.06. The van der Waals surface area contributed by atoms with Crippen LogP contribution in [0.5, 0.6) is 0 Å². The molecule has 0 unspecified atom stereocenters. The van der Waals surface area contributed by atoms with E-state index in [1.165, 1.54) is 12.8 Å². The second-order valence-corrected chi connectivity index (χ2v) is 4.79. The first-order chi connectivity index (χ1) is 8.58. The van der Waals surface area contributed by atoms with Gasteiger partial charge in [0.1, 0.15) is 0 Å². The van der Waals surface area contributed by atoms with Gasteiger partial charge < -0.3 is 16.4 Å². The molecule has 0 bridgehead atoms. The van der Waals surface area contributed by atoms with Gasteiger partial charge in [-0.15, -0.1) is 0 Å². The maximum Gasteiger partial charge on any atom is 0.252 e. The van der Waals surface area contributed by atoms with E-state index in [2.05, 4.69) is 15.6 Å². The standard InChI is InChI=1S/C13H20N4O/c1-8-7-11(12(13(14)18)9(2)17-8)16-6-5-15-10-3-4-10/h7,10,15H,3-6H2,1-2H3,(H2,14,18)(H,16,17). The minimum Gasteiger partial charge on any atom is -0.383 e. The van der Waals surface area contributed by atoms with Crippen LogP contribution in [0.3, 0.4) is 0 Å². The fraction of sp³-hybridized carbons (Fsp3) is 0.538. The molecule has 0 radical (unpaired) electrons. The highest BCUT2D eigenvalue weighted by Crippen LogP contribution is 2.20. The van der Waals surface area contributed by atoms with Gasteiger partial charge in [-0.1, -0.05) is 0 Å². The predicted octanol–water partition coefficient (Wildman–Crippen LogP) is 0.961. The molecule has 0 atom stereocenters. The van der Waals surface area contributed by atoms with Gasteiger partial charge in [-0.3, -0.25) is 9.78 Å². The number of pyridine rings is 1. The summed E-state index contributed by atoms with van der Waals surface area (Å²) in [6.45, 7) is 5.38. The van der Waals surface area contributed by atoms with Gasteiger partial charge in [0.2, 0.25) is 0 Å². The number of primary amides is 1. The molecule has 2 rings (SSSR count). The summed E-state index contributed by atoms with van der Waals surface area (Å²) in [5.41, 5.74) is 8.23. The topological polar surface area (TPSA) is 80.0 Å². The maximum absolute atomic E-state index is 11.4. The second-order valence-electron chi connectivity index (χ2n) is 4.79. The second kappa shape index (κ2) is 5.35. The van der Waals surface area contributed by atoms with Crippen molar-refractivity contribution in [2.24, 2.45) is 5.73 Å². The molecule has 18 heavy (non-hydrogen) atoms. The number of nitrogens with one attached hydrogen (secondary N) is 2. The lowest BCUT2D eigenvalue weighted by molar-refractivity contribution is 0.1000. The number of nitrogens with zero attached hydrogens (tertiary/aromatic N) is 1. The van der Waals surface area contributed by atoms with Gasteiger partial charge in [0.15, 0.2) is 0 Å². The Kier molecular flexibility index (Phi) is 3.81. The van der Waals surface area contributed by atoms with Crippen LogP contribution in [0.2, 0.25) is 0 Å². The van der Waals surface area contributed by atoms with Crippen molar-refractivity contribution in [2.45, 2.75) is 32.7 Å². The van der Waals surface area contributed by atoms with E-state index >= 15 is 0 Å². The lowest BCUT2D eigenvalue weighted by Crippen LogP contribution is -2.25. The molecule has 98 valence electrons. The lowest BCUT2D eigenvalue weighted by Gasteiger charge is -2.13. The van der Waals surface area contributed by atoms with E-state index in [-0.39, 0.29) is 0 Å². The molecular formula is C13H20N4O. The summed E-state index contributed by atoms with van der Waals surface area (Å²) < 4.78 is 0. The van der Waals surface area contributed by atoms with Gasteiger partial charge in [0.25, 0.3) is 5.91 Å². The molecule has 5 heteroatoms. The smallest absolute Gasteiger partial charge is 0.252 e. The number of hydrogen-bond acceptors (Lipinski definition) is 4. The molecule has 1 aliphatic rings. The zero-order chi connectivity index (χ0) is 13.1. The van der Waals surface area contributed by atoms with Crippen LogP contribution in [-0.2, 0) is 0 Å². The summed E-state index contributed by atoms with van der Waals surface area (Å²) in [5.74, 6) is -0.433. The molecule has 1 fully saturated rings. The molecule has 1 aromatic heterocycles. The number of rotatable bonds is 6. The molecule has 0 spiro atoms. The molecule has 4 N–H and O–H groups in total. The number of nitrogens with two attached hydrogens (primary N) is 1. The Morgan fingerprint density at radius 3 is 2.78 bits per heavy atom. The third-order valence-corrected chi connectivity index (χ3v) is 3.03. The van der Waals surface area contributed by atoms with Crippen molar-refractivity contribution in [3.05, 3.63) is 23.0 Å². The van der Waals surface area contributed by atoms with Crippen LogP contribution >= 0.6 is 0 Å². The summed E-state index contributed by atoms with van der Waals surface area (Å²) in [6.07, 6.45) is 2.56. The van der Waals surface area contributed by atoms with Gasteiger partial charge in [0, 0.05) is 24.8 Å². The van der Waals surface area contributed by atoms with Crippen LogP contribution in [-0.4, -0.2) is 30.0 Å². The van der Waals surface area contributed by atoms with Crippen molar-refractivity contribution < 1.29 is 4.79 Å². The third kappa shape index (κ3) is 3.20. The van der Waals surface area contributed by atoms with Crippen molar-refractivity contribution in [2.75, 3.05) is 18.4 Å². The van der Waals surface area contributed by atoms with Gasteiger partial charge in [0.05, 0.1) is 16.9 Å². The van der Waals surface area contributed by atoms with Crippen LogP contribution in [0, 0.1) is 13.8 Å². The first-order valence-electron chi connectivity index (χ1n) is 6.33. The van der Waals surface area contributed by atoms with E-state index in [9.17, 15) is 4.79 Å². The Morgan fingerprint density at radius 2 is 2.17 bits per heavy atom. The number of aryl methyl sites for hydroxylation is 2. The summed E-state index contributed by atoms with van der Waals surface area (Å²) in [7, 11) is 0. The summed E-state index contributed by atoms with van der Waals surface area (Å²) >= 11 is 0. The van der Waals surface area contributed by atoms with Crippen molar-refractivity contribution in [3.63, 3.8) is 0 Å². The first-order valence-corrected chi connectivity index (χ1v) is 6.33. The van der Waals surface area contributed by atoms with Gasteiger partial charge in [-0.05, 0) is 32.8 Å². The van der Waals surface area contributed by atoms with Crippen LogP contribution < -0.4 is 16.4 Å². The number of hydrogen-bond donors (Lipinski definition) is 3. The van der Waals surface area contributed by atoms with Crippen molar-refractivity contribution in [3.8, 4) is 0 Å². The molecule has 1 saturated carbocycles. The van der Waals surface area contributed by atoms with E-state index in [4.69, 9.17) is 5.73 Å². The van der Waals surface area contributed by atoms with E-state index < -0.39 is 5.91 Å². The predicted molar refractivity (Wildman–Crippen MR) is 71.7 cm³/mol. The van der Waals surface area contributed by atoms with E-state index in [0.717, 1.165) is 24.5 Å². The Bertz CT molecular complexity index is 455. The Balaban J connectivity index is 2.02. The Hall–Kier alpha value is -1.62. The van der Waals surface area contributed by atoms with E-state index in [0.29, 0.717) is 17.3 Å². The van der Waals surface area contributed by atoms with Crippen LogP contribution in [0.4, 0.5) is 5.69 Å². The zero-order valence-electron chi connectivity index (χ0n) is 10.9. The highest BCUT2D eigenvalue weighted by molar-refractivity contribution is 5.99. The number of carbonyl (C=O) groups excluding carboxylic acids is 1. The quantitative estimate of drug-likeness (QED) is 0.655. The number of anilines is 1. The summed E-state index contributed by atoms with van der Waals surface area (Å²) in [4.78, 5) is 15.7. The molecule has 1 aliphatic carbocycles. The first kappa shape index (κ1) is 12.8. The molecule has 0 aromatic carbocycles. The molecule has 1 aromatic rings. The lowest BCUT2D eigenvalue weighted by atomic mass is 10.1. The number of carbonyl (C=O) groups is 1. The van der Waals surface area contributed by atoms with Crippen molar-refractivity contribution in [1.29, 1.82) is 0 Å². The van der Waals surface area contributed by atoms with Gasteiger partial charge >= 0.3 is 0 Å². The normalized spacial score (nSPS) is 14.6. The largest absolute Gasteiger partial charge is 0.383 e. The third-order valence-electron chi connectivity index (χ3n) is 3.03. The highest BCUT2D eigenvalue weighted by atomic mass is 16.1. The molecule has 5 nitrogen and oxygen atoms in total. The molecule has 1 amide bonds. The van der Waals surface area contributed by atoms with Gasteiger partial charge in [-0.2, -0.15) is 0 Å². The fourth-order valence-electron chi connectivity index (χ4n) is 2.04. The molecule has 0 saturated heterocycles. The van der Waals surface area contributed by atoms with Crippen molar-refractivity contribution in [1.82, 2.24) is 10.3 Å². The van der Waals surface area contributed by atoms with Crippen LogP contribution in [0.1, 0.15) is 34.6 Å². The van der Waals surface area contributed by atoms with Gasteiger partial charge in [-0.25, -0.2) is 0 Å². The van der Waals surface area contributed by atoms with E-state index in [1.54, 1.807) is 6.92 Å². The summed E-state index contributed by atoms with van der Waals surface area (Å²) in [5, 5.41) is 6.67. The molecule has 1 heterocycles. The van der Waals surface area contributed by atoms with Crippen LogP contribution in [0.15, 0.2) is 6.07 Å². The summed E-state index contributed by atoms with van der Waals surface area (Å²) in [6, 6.07) is 2.56. The average molecular weight is 248 g/mol. The van der Waals surface area contributed by atoms with Crippen LogP contribution in [0.25, 0.3) is 0 Å². The minimum atomic E-state index is -0.433. The zero-order valence-corrected chi connectivity index (χ0v) is 10.9. The molecule has 0 aliphatic heterocycles. The Labute approximate surface area is 107 Å². The SMILES string of the molecule is Cc1cc(NCCNC2CC2)c(C(N)=O)c(C)n1. The molecular weight excluding hydrogens is 228 g/mol. The van der Waals surface area contributed by atoms with Crippen molar-refractivity contribution >= 4 is 11.6 Å². The fourth-order valence-corrected chi connectivity index (χ4v) is 2.04. The number of amides is 1. The number of aromatic nitrogens is 1. The Morgan fingerprint density at radius 1 is 1.44 bits per heavy atom. The highest BCUT2D eigenvalue weighted by Gasteiger charge is 2.19. The van der Waals surface area contributed by atoms with E-state index in [1.807, 2.05) is 13.0 Å². The monoisotopic (exact) mass is 248 g/mol. The maximum atomic E-state index is 11.4. The minimum absolute atomic E-state index is 0.433.